The molecule has 1 aromatic rings. The van der Waals surface area contributed by atoms with Crippen LogP contribution in [0.3, 0.4) is 0 Å². The summed E-state index contributed by atoms with van der Waals surface area (Å²) in [6, 6.07) is 0.376. The van der Waals surface area contributed by atoms with E-state index in [0.29, 0.717) is 17.9 Å². The quantitative estimate of drug-likeness (QED) is 0.899. The van der Waals surface area contributed by atoms with E-state index < -0.39 is 0 Å². The van der Waals surface area contributed by atoms with Gasteiger partial charge in [-0.05, 0) is 52.1 Å². The first-order valence-corrected chi connectivity index (χ1v) is 7.84. The van der Waals surface area contributed by atoms with E-state index in [1.807, 2.05) is 13.2 Å². The molecule has 0 aliphatic heterocycles. The predicted octanol–water partition coefficient (Wildman–Crippen LogP) is 3.21. The van der Waals surface area contributed by atoms with Crippen LogP contribution in [0.1, 0.15) is 57.7 Å². The minimum atomic E-state index is 0.376. The van der Waals surface area contributed by atoms with E-state index in [1.54, 1.807) is 7.11 Å². The van der Waals surface area contributed by atoms with Crippen molar-refractivity contribution in [3.63, 3.8) is 0 Å². The van der Waals surface area contributed by atoms with Gasteiger partial charge in [0.25, 0.3) is 0 Å². The topological polar surface area (TPSA) is 39.1 Å². The van der Waals surface area contributed by atoms with Crippen molar-refractivity contribution in [2.75, 3.05) is 20.7 Å². The Balaban J connectivity index is 2.37. The van der Waals surface area contributed by atoms with Gasteiger partial charge in [-0.25, -0.2) is 0 Å². The molecule has 0 aromatic carbocycles. The highest BCUT2D eigenvalue weighted by molar-refractivity contribution is 5.30. The summed E-state index contributed by atoms with van der Waals surface area (Å²) in [5.41, 5.74) is 1.30. The molecule has 4 heteroatoms. The highest BCUT2D eigenvalue weighted by Gasteiger charge is 2.34. The highest BCUT2D eigenvalue weighted by atomic mass is 16.5. The van der Waals surface area contributed by atoms with Crippen molar-refractivity contribution in [1.29, 1.82) is 0 Å². The van der Waals surface area contributed by atoms with Gasteiger partial charge in [0.05, 0.1) is 19.0 Å². The van der Waals surface area contributed by atoms with Crippen LogP contribution in [0.4, 0.5) is 0 Å². The Hall–Kier alpha value is -1.03. The number of nitrogens with zero attached hydrogens (tertiary/aromatic N) is 2. The van der Waals surface area contributed by atoms with Gasteiger partial charge in [0.2, 0.25) is 0 Å². The van der Waals surface area contributed by atoms with Crippen LogP contribution < -0.4 is 10.1 Å². The summed E-state index contributed by atoms with van der Waals surface area (Å²) in [7, 11) is 3.80. The standard InChI is InChI=1S/C16H29N3O/c1-11(2)19-16(15(20-5)10-18-19)14-8-12(3)6-7-13(14)9-17-4/h10-14,17H,6-9H2,1-5H3. The fourth-order valence-electron chi connectivity index (χ4n) is 3.56. The third kappa shape index (κ3) is 3.00. The van der Waals surface area contributed by atoms with Gasteiger partial charge in [-0.15, -0.1) is 0 Å². The van der Waals surface area contributed by atoms with Crippen LogP contribution in [-0.4, -0.2) is 30.5 Å². The molecule has 0 saturated heterocycles. The molecule has 0 spiro atoms. The van der Waals surface area contributed by atoms with E-state index in [0.717, 1.165) is 18.2 Å². The molecule has 0 bridgehead atoms. The van der Waals surface area contributed by atoms with Crippen molar-refractivity contribution < 1.29 is 4.74 Å². The molecule has 1 aromatic heterocycles. The molecule has 1 aliphatic carbocycles. The van der Waals surface area contributed by atoms with E-state index in [4.69, 9.17) is 4.74 Å². The maximum atomic E-state index is 5.59. The Bertz CT molecular complexity index is 427. The molecule has 3 unspecified atom stereocenters. The van der Waals surface area contributed by atoms with Gasteiger partial charge in [0, 0.05) is 12.0 Å². The molecule has 114 valence electrons. The SMILES string of the molecule is CNCC1CCC(C)CC1c1c(OC)cnn1C(C)C. The third-order valence-corrected chi connectivity index (χ3v) is 4.58. The number of methoxy groups -OCH3 is 1. The average molecular weight is 279 g/mol. The largest absolute Gasteiger partial charge is 0.493 e. The summed E-state index contributed by atoms with van der Waals surface area (Å²) in [6.07, 6.45) is 5.74. The maximum absolute atomic E-state index is 5.59. The van der Waals surface area contributed by atoms with E-state index in [2.05, 4.69) is 35.9 Å². The molecule has 1 heterocycles. The fraction of sp³-hybridized carbons (Fsp3) is 0.812. The van der Waals surface area contributed by atoms with Gasteiger partial charge in [-0.2, -0.15) is 5.10 Å². The van der Waals surface area contributed by atoms with Crippen molar-refractivity contribution in [2.45, 2.75) is 52.0 Å². The summed E-state index contributed by atoms with van der Waals surface area (Å²) >= 11 is 0. The number of ether oxygens (including phenoxy) is 1. The fourth-order valence-corrected chi connectivity index (χ4v) is 3.56. The van der Waals surface area contributed by atoms with E-state index >= 15 is 0 Å². The molecule has 0 radical (unpaired) electrons. The Kier molecular flexibility index (Phi) is 5.08. The summed E-state index contributed by atoms with van der Waals surface area (Å²) in [5, 5.41) is 7.91. The van der Waals surface area contributed by atoms with E-state index in [9.17, 15) is 0 Å². The lowest BCUT2D eigenvalue weighted by Crippen LogP contribution is -2.31. The second-order valence-electron chi connectivity index (χ2n) is 6.48. The number of nitrogens with one attached hydrogen (secondary N) is 1. The minimum absolute atomic E-state index is 0.376. The zero-order valence-electron chi connectivity index (χ0n) is 13.5. The van der Waals surface area contributed by atoms with Crippen molar-refractivity contribution in [2.24, 2.45) is 11.8 Å². The molecule has 3 atom stereocenters. The predicted molar refractivity (Wildman–Crippen MR) is 82.3 cm³/mol. The molecule has 2 rings (SSSR count). The van der Waals surface area contributed by atoms with Crippen LogP contribution in [0, 0.1) is 11.8 Å². The molecule has 1 fully saturated rings. The van der Waals surface area contributed by atoms with E-state index in [1.165, 1.54) is 25.0 Å². The summed E-state index contributed by atoms with van der Waals surface area (Å²) in [6.45, 7) is 7.82. The second kappa shape index (κ2) is 6.61. The van der Waals surface area contributed by atoms with Crippen LogP contribution in [0.5, 0.6) is 5.75 Å². The van der Waals surface area contributed by atoms with Crippen LogP contribution in [0.2, 0.25) is 0 Å². The Morgan fingerprint density at radius 1 is 1.45 bits per heavy atom. The van der Waals surface area contributed by atoms with Crippen LogP contribution in [0.25, 0.3) is 0 Å². The summed E-state index contributed by atoms with van der Waals surface area (Å²) in [5.74, 6) is 2.97. The first kappa shape index (κ1) is 15.4. The molecular weight excluding hydrogens is 250 g/mol. The van der Waals surface area contributed by atoms with Crippen molar-refractivity contribution >= 4 is 0 Å². The van der Waals surface area contributed by atoms with Gasteiger partial charge in [-0.1, -0.05) is 13.3 Å². The normalized spacial score (nSPS) is 27.0. The van der Waals surface area contributed by atoms with Gasteiger partial charge in [0.15, 0.2) is 5.75 Å². The third-order valence-electron chi connectivity index (χ3n) is 4.58. The number of aromatic nitrogens is 2. The Morgan fingerprint density at radius 2 is 2.20 bits per heavy atom. The Morgan fingerprint density at radius 3 is 2.80 bits per heavy atom. The number of rotatable bonds is 5. The van der Waals surface area contributed by atoms with Crippen LogP contribution >= 0.6 is 0 Å². The molecular formula is C16H29N3O. The van der Waals surface area contributed by atoms with Crippen LogP contribution in [0.15, 0.2) is 6.20 Å². The Labute approximate surface area is 122 Å². The second-order valence-corrected chi connectivity index (χ2v) is 6.48. The zero-order chi connectivity index (χ0) is 14.7. The zero-order valence-corrected chi connectivity index (χ0v) is 13.5. The summed E-state index contributed by atoms with van der Waals surface area (Å²) < 4.78 is 7.74. The van der Waals surface area contributed by atoms with Crippen molar-refractivity contribution in [3.8, 4) is 5.75 Å². The molecule has 1 N–H and O–H groups in total. The van der Waals surface area contributed by atoms with Crippen molar-refractivity contribution in [3.05, 3.63) is 11.9 Å². The van der Waals surface area contributed by atoms with E-state index in [-0.39, 0.29) is 0 Å². The first-order chi connectivity index (χ1) is 9.58. The maximum Gasteiger partial charge on any atom is 0.160 e. The lowest BCUT2D eigenvalue weighted by atomic mass is 9.73. The molecule has 4 nitrogen and oxygen atoms in total. The minimum Gasteiger partial charge on any atom is -0.493 e. The molecule has 1 aliphatic rings. The highest BCUT2D eigenvalue weighted by Crippen LogP contribution is 2.43. The lowest BCUT2D eigenvalue weighted by Gasteiger charge is -2.36. The molecule has 1 saturated carbocycles. The monoisotopic (exact) mass is 279 g/mol. The number of hydrogen-bond donors (Lipinski definition) is 1. The summed E-state index contributed by atoms with van der Waals surface area (Å²) in [4.78, 5) is 0. The van der Waals surface area contributed by atoms with Crippen LogP contribution in [-0.2, 0) is 0 Å². The van der Waals surface area contributed by atoms with Gasteiger partial charge in [0.1, 0.15) is 0 Å². The lowest BCUT2D eigenvalue weighted by molar-refractivity contribution is 0.229. The van der Waals surface area contributed by atoms with Gasteiger partial charge in [-0.3, -0.25) is 4.68 Å². The van der Waals surface area contributed by atoms with Crippen molar-refractivity contribution in [1.82, 2.24) is 15.1 Å². The molecule has 20 heavy (non-hydrogen) atoms. The van der Waals surface area contributed by atoms with Gasteiger partial charge < -0.3 is 10.1 Å². The molecule has 0 amide bonds. The number of hydrogen-bond acceptors (Lipinski definition) is 3. The average Bonchev–Trinajstić information content (AvgIpc) is 2.84. The smallest absolute Gasteiger partial charge is 0.160 e. The van der Waals surface area contributed by atoms with Gasteiger partial charge >= 0.3 is 0 Å². The first-order valence-electron chi connectivity index (χ1n) is 7.84.